The molecule has 0 radical (unpaired) electrons. The summed E-state index contributed by atoms with van der Waals surface area (Å²) in [6.07, 6.45) is 2.98. The molecule has 17 heavy (non-hydrogen) atoms. The summed E-state index contributed by atoms with van der Waals surface area (Å²) in [6, 6.07) is 8.51. The number of halogens is 1. The molecule has 0 amide bonds. The molecular weight excluding hydrogens is 230 g/mol. The quantitative estimate of drug-likeness (QED) is 0.759. The molecule has 2 heteroatoms. The van der Waals surface area contributed by atoms with Gasteiger partial charge < -0.3 is 5.32 Å². The minimum Gasteiger partial charge on any atom is -0.314 e. The minimum atomic E-state index is 0.459. The van der Waals surface area contributed by atoms with Crippen LogP contribution < -0.4 is 5.32 Å². The zero-order chi connectivity index (χ0) is 12.5. The van der Waals surface area contributed by atoms with E-state index in [4.69, 9.17) is 11.6 Å². The van der Waals surface area contributed by atoms with E-state index in [-0.39, 0.29) is 0 Å². The van der Waals surface area contributed by atoms with Crippen molar-refractivity contribution in [2.24, 2.45) is 0 Å². The molecule has 1 nitrogen and oxygen atoms in total. The standard InChI is InChI=1S/C15H20ClN/c1-3-5-6-10-14(17-4-2)12-13-9-7-8-11-15(13)16/h7-9,11,14,17H,4,6,10,12H2,1-2H3. The lowest BCUT2D eigenvalue weighted by molar-refractivity contribution is 0.497. The number of nitrogens with one attached hydrogen (secondary N) is 1. The van der Waals surface area contributed by atoms with Crippen molar-refractivity contribution in [3.63, 3.8) is 0 Å². The molecule has 0 saturated heterocycles. The molecule has 1 unspecified atom stereocenters. The van der Waals surface area contributed by atoms with Gasteiger partial charge in [-0.25, -0.2) is 0 Å². The van der Waals surface area contributed by atoms with Crippen molar-refractivity contribution in [2.45, 2.75) is 39.2 Å². The van der Waals surface area contributed by atoms with Gasteiger partial charge in [0.25, 0.3) is 0 Å². The summed E-state index contributed by atoms with van der Waals surface area (Å²) >= 11 is 6.17. The molecule has 0 aliphatic carbocycles. The van der Waals surface area contributed by atoms with Crippen molar-refractivity contribution < 1.29 is 0 Å². The lowest BCUT2D eigenvalue weighted by Crippen LogP contribution is -2.30. The molecule has 0 bridgehead atoms. The van der Waals surface area contributed by atoms with Crippen molar-refractivity contribution >= 4 is 11.6 Å². The van der Waals surface area contributed by atoms with E-state index >= 15 is 0 Å². The number of benzene rings is 1. The Morgan fingerprint density at radius 2 is 2.12 bits per heavy atom. The highest BCUT2D eigenvalue weighted by Gasteiger charge is 2.09. The Hall–Kier alpha value is -0.970. The minimum absolute atomic E-state index is 0.459. The Bertz CT molecular complexity index is 389. The summed E-state index contributed by atoms with van der Waals surface area (Å²) in [5.74, 6) is 6.05. The summed E-state index contributed by atoms with van der Waals surface area (Å²) in [7, 11) is 0. The van der Waals surface area contributed by atoms with Gasteiger partial charge in [-0.2, -0.15) is 0 Å². The summed E-state index contributed by atoms with van der Waals surface area (Å²) in [5.41, 5.74) is 1.21. The fraction of sp³-hybridized carbons (Fsp3) is 0.467. The van der Waals surface area contributed by atoms with Crippen LogP contribution >= 0.6 is 11.6 Å². The molecule has 1 aromatic rings. The molecule has 0 aromatic heterocycles. The van der Waals surface area contributed by atoms with E-state index in [2.05, 4.69) is 30.1 Å². The molecule has 0 aliphatic heterocycles. The Morgan fingerprint density at radius 3 is 2.76 bits per heavy atom. The van der Waals surface area contributed by atoms with Crippen molar-refractivity contribution in [1.82, 2.24) is 5.32 Å². The maximum absolute atomic E-state index is 6.17. The molecule has 0 fully saturated rings. The fourth-order valence-electron chi connectivity index (χ4n) is 1.87. The Morgan fingerprint density at radius 1 is 1.35 bits per heavy atom. The van der Waals surface area contributed by atoms with E-state index in [9.17, 15) is 0 Å². The molecule has 1 rings (SSSR count). The SMILES string of the molecule is CC#CCCC(Cc1ccccc1Cl)NCC. The molecule has 1 atom stereocenters. The second-order valence-electron chi connectivity index (χ2n) is 4.02. The monoisotopic (exact) mass is 249 g/mol. The summed E-state index contributed by atoms with van der Waals surface area (Å²) in [5, 5.41) is 4.35. The number of likely N-dealkylation sites (N-methyl/N-ethyl adjacent to an activating group) is 1. The van der Waals surface area contributed by atoms with Crippen molar-refractivity contribution in [1.29, 1.82) is 0 Å². The maximum atomic E-state index is 6.17. The van der Waals surface area contributed by atoms with Gasteiger partial charge in [0.2, 0.25) is 0 Å². The van der Waals surface area contributed by atoms with Gasteiger partial charge in [0.1, 0.15) is 0 Å². The fourth-order valence-corrected chi connectivity index (χ4v) is 2.08. The van der Waals surface area contributed by atoms with E-state index in [1.54, 1.807) is 0 Å². The van der Waals surface area contributed by atoms with Gasteiger partial charge in [0.05, 0.1) is 0 Å². The Labute approximate surface area is 110 Å². The summed E-state index contributed by atoms with van der Waals surface area (Å²) < 4.78 is 0. The van der Waals surface area contributed by atoms with E-state index in [1.165, 1.54) is 5.56 Å². The van der Waals surface area contributed by atoms with Crippen LogP contribution in [-0.2, 0) is 6.42 Å². The van der Waals surface area contributed by atoms with E-state index < -0.39 is 0 Å². The molecule has 0 aliphatic rings. The van der Waals surface area contributed by atoms with Crippen LogP contribution in [0.3, 0.4) is 0 Å². The van der Waals surface area contributed by atoms with Crippen LogP contribution in [0.1, 0.15) is 32.3 Å². The smallest absolute Gasteiger partial charge is 0.0438 e. The van der Waals surface area contributed by atoms with E-state index in [0.717, 1.165) is 30.8 Å². The third kappa shape index (κ3) is 5.26. The van der Waals surface area contributed by atoms with Gasteiger partial charge in [-0.15, -0.1) is 11.8 Å². The van der Waals surface area contributed by atoms with E-state index in [0.29, 0.717) is 6.04 Å². The van der Waals surface area contributed by atoms with Gasteiger partial charge in [0.15, 0.2) is 0 Å². The van der Waals surface area contributed by atoms with Crippen molar-refractivity contribution in [2.75, 3.05) is 6.54 Å². The van der Waals surface area contributed by atoms with Crippen LogP contribution in [0.25, 0.3) is 0 Å². The normalized spacial score (nSPS) is 11.7. The maximum Gasteiger partial charge on any atom is 0.0438 e. The lowest BCUT2D eigenvalue weighted by Gasteiger charge is -2.17. The average molecular weight is 250 g/mol. The van der Waals surface area contributed by atoms with Crippen LogP contribution in [0.2, 0.25) is 5.02 Å². The second kappa shape index (κ2) is 8.17. The topological polar surface area (TPSA) is 12.0 Å². The lowest BCUT2D eigenvalue weighted by atomic mass is 10.0. The zero-order valence-corrected chi connectivity index (χ0v) is 11.3. The summed E-state index contributed by atoms with van der Waals surface area (Å²) in [4.78, 5) is 0. The van der Waals surface area contributed by atoms with Crippen LogP contribution in [0.4, 0.5) is 0 Å². The first-order valence-corrected chi connectivity index (χ1v) is 6.52. The predicted octanol–water partition coefficient (Wildman–Crippen LogP) is 3.66. The van der Waals surface area contributed by atoms with Crippen molar-refractivity contribution in [3.05, 3.63) is 34.9 Å². The highest BCUT2D eigenvalue weighted by atomic mass is 35.5. The van der Waals surface area contributed by atoms with Crippen LogP contribution in [0.15, 0.2) is 24.3 Å². The molecule has 0 heterocycles. The zero-order valence-electron chi connectivity index (χ0n) is 10.6. The highest BCUT2D eigenvalue weighted by molar-refractivity contribution is 6.31. The molecule has 92 valence electrons. The van der Waals surface area contributed by atoms with Gasteiger partial charge in [-0.3, -0.25) is 0 Å². The predicted molar refractivity (Wildman–Crippen MR) is 75.3 cm³/mol. The van der Waals surface area contributed by atoms with Crippen LogP contribution in [0, 0.1) is 11.8 Å². The first kappa shape index (κ1) is 14.1. The van der Waals surface area contributed by atoms with Crippen LogP contribution in [0.5, 0.6) is 0 Å². The third-order valence-electron chi connectivity index (χ3n) is 2.71. The average Bonchev–Trinajstić information content (AvgIpc) is 2.32. The second-order valence-corrected chi connectivity index (χ2v) is 4.42. The van der Waals surface area contributed by atoms with Gasteiger partial charge >= 0.3 is 0 Å². The van der Waals surface area contributed by atoms with Crippen molar-refractivity contribution in [3.8, 4) is 11.8 Å². The number of hydrogen-bond acceptors (Lipinski definition) is 1. The van der Waals surface area contributed by atoms with Crippen LogP contribution in [-0.4, -0.2) is 12.6 Å². The Kier molecular flexibility index (Phi) is 6.77. The summed E-state index contributed by atoms with van der Waals surface area (Å²) in [6.45, 7) is 5.00. The van der Waals surface area contributed by atoms with Gasteiger partial charge in [0, 0.05) is 17.5 Å². The molecular formula is C15H20ClN. The molecule has 0 saturated carbocycles. The van der Waals surface area contributed by atoms with E-state index in [1.807, 2.05) is 25.1 Å². The third-order valence-corrected chi connectivity index (χ3v) is 3.08. The Balaban J connectivity index is 2.58. The molecule has 1 aromatic carbocycles. The largest absolute Gasteiger partial charge is 0.314 e. The molecule has 1 N–H and O–H groups in total. The van der Waals surface area contributed by atoms with Gasteiger partial charge in [-0.1, -0.05) is 36.7 Å². The molecule has 0 spiro atoms. The van der Waals surface area contributed by atoms with Gasteiger partial charge in [-0.05, 0) is 37.9 Å². The highest BCUT2D eigenvalue weighted by Crippen LogP contribution is 2.17. The number of hydrogen-bond donors (Lipinski definition) is 1. The number of rotatable bonds is 6. The first-order valence-electron chi connectivity index (χ1n) is 6.14. The first-order chi connectivity index (χ1) is 8.27.